The fourth-order valence-electron chi connectivity index (χ4n) is 9.41. The van der Waals surface area contributed by atoms with Gasteiger partial charge in [0.15, 0.2) is 0 Å². The summed E-state index contributed by atoms with van der Waals surface area (Å²) in [6, 6.07) is 71.6. The number of benzene rings is 9. The fraction of sp³-hybridized carbons (Fsp3) is 0. The first kappa shape index (κ1) is 34.0. The van der Waals surface area contributed by atoms with Crippen molar-refractivity contribution in [3.05, 3.63) is 212 Å². The number of fused-ring (bicyclic) bond motifs is 9. The molecule has 280 valence electrons. The monoisotopic (exact) mass is 764 g/mol. The van der Waals surface area contributed by atoms with Gasteiger partial charge >= 0.3 is 0 Å². The zero-order valence-corrected chi connectivity index (χ0v) is 32.6. The van der Waals surface area contributed by atoms with E-state index in [2.05, 4.69) is 210 Å². The second kappa shape index (κ2) is 13.5. The first-order valence-electron chi connectivity index (χ1n) is 20.4. The Morgan fingerprint density at radius 2 is 0.983 bits per heavy atom. The standard InChI is InChI=1S/C56H36N4/c1-2-36-16-6-7-19-41(36)37-28-30-38(31-29-37)55-46-23-10-13-25-49(46)57-56(58-55)60-50-26-14-11-21-43(50)44-33-32-39(34-52(44)60)48-35-53-54(45-22-9-8-20-42(45)48)47-24-12-15-27-51(47)59(53)40-17-4-3-5-18-40/h2-35H,1H2. The van der Waals surface area contributed by atoms with Crippen LogP contribution in [0.25, 0.3) is 117 Å². The minimum atomic E-state index is 0.637. The lowest BCUT2D eigenvalue weighted by atomic mass is 9.94. The highest BCUT2D eigenvalue weighted by Crippen LogP contribution is 2.43. The number of para-hydroxylation sites is 4. The van der Waals surface area contributed by atoms with Crippen LogP contribution in [-0.4, -0.2) is 19.1 Å². The Bertz CT molecular complexity index is 3670. The van der Waals surface area contributed by atoms with E-state index in [0.717, 1.165) is 71.9 Å². The third kappa shape index (κ3) is 5.18. The van der Waals surface area contributed by atoms with Crippen LogP contribution in [0.2, 0.25) is 0 Å². The highest BCUT2D eigenvalue weighted by Gasteiger charge is 2.21. The highest BCUT2D eigenvalue weighted by atomic mass is 15.2. The predicted octanol–water partition coefficient (Wildman–Crippen LogP) is 14.6. The van der Waals surface area contributed by atoms with Gasteiger partial charge in [0.05, 0.1) is 33.3 Å². The molecule has 60 heavy (non-hydrogen) atoms. The lowest BCUT2D eigenvalue weighted by Gasteiger charge is -2.14. The summed E-state index contributed by atoms with van der Waals surface area (Å²) >= 11 is 0. The zero-order chi connectivity index (χ0) is 39.7. The summed E-state index contributed by atoms with van der Waals surface area (Å²) < 4.78 is 4.66. The highest BCUT2D eigenvalue weighted by molar-refractivity contribution is 6.24. The quantitative estimate of drug-likeness (QED) is 0.169. The summed E-state index contributed by atoms with van der Waals surface area (Å²) in [6.07, 6.45) is 1.91. The van der Waals surface area contributed by atoms with Crippen molar-refractivity contribution in [3.63, 3.8) is 0 Å². The van der Waals surface area contributed by atoms with E-state index in [4.69, 9.17) is 9.97 Å². The molecule has 0 saturated heterocycles. The van der Waals surface area contributed by atoms with Crippen molar-refractivity contribution >= 4 is 71.4 Å². The van der Waals surface area contributed by atoms with E-state index in [0.29, 0.717) is 5.95 Å². The molecule has 0 unspecified atom stereocenters. The van der Waals surface area contributed by atoms with Crippen LogP contribution in [0, 0.1) is 0 Å². The number of hydrogen-bond donors (Lipinski definition) is 0. The van der Waals surface area contributed by atoms with Crippen LogP contribution in [0.5, 0.6) is 0 Å². The van der Waals surface area contributed by atoms with Crippen LogP contribution >= 0.6 is 0 Å². The Labute approximate surface area is 346 Å². The van der Waals surface area contributed by atoms with Crippen LogP contribution in [0.3, 0.4) is 0 Å². The lowest BCUT2D eigenvalue weighted by Crippen LogP contribution is -2.03. The van der Waals surface area contributed by atoms with E-state index in [9.17, 15) is 0 Å². The van der Waals surface area contributed by atoms with Crippen molar-refractivity contribution in [2.75, 3.05) is 0 Å². The van der Waals surface area contributed by atoms with Gasteiger partial charge in [-0.05, 0) is 81.1 Å². The molecule has 3 heterocycles. The van der Waals surface area contributed by atoms with Gasteiger partial charge < -0.3 is 4.57 Å². The predicted molar refractivity (Wildman–Crippen MR) is 252 cm³/mol. The molecule has 4 heteroatoms. The minimum Gasteiger partial charge on any atom is -0.309 e. The van der Waals surface area contributed by atoms with Gasteiger partial charge in [0, 0.05) is 38.2 Å². The summed E-state index contributed by atoms with van der Waals surface area (Å²) in [4.78, 5) is 10.7. The first-order valence-corrected chi connectivity index (χ1v) is 20.4. The molecule has 0 spiro atoms. The Hall–Kier alpha value is -8.08. The van der Waals surface area contributed by atoms with Gasteiger partial charge in [0.1, 0.15) is 0 Å². The average Bonchev–Trinajstić information content (AvgIpc) is 3.84. The maximum Gasteiger partial charge on any atom is 0.235 e. The van der Waals surface area contributed by atoms with Gasteiger partial charge in [0.2, 0.25) is 5.95 Å². The fourth-order valence-corrected chi connectivity index (χ4v) is 9.41. The first-order chi connectivity index (χ1) is 29.7. The van der Waals surface area contributed by atoms with E-state index in [1.165, 1.54) is 38.1 Å². The van der Waals surface area contributed by atoms with Crippen molar-refractivity contribution in [1.29, 1.82) is 0 Å². The second-order valence-electron chi connectivity index (χ2n) is 15.4. The molecule has 0 amide bonds. The Morgan fingerprint density at radius 3 is 1.78 bits per heavy atom. The van der Waals surface area contributed by atoms with Crippen molar-refractivity contribution < 1.29 is 0 Å². The lowest BCUT2D eigenvalue weighted by molar-refractivity contribution is 1.01. The topological polar surface area (TPSA) is 35.6 Å². The Kier molecular flexibility index (Phi) is 7.66. The van der Waals surface area contributed by atoms with Gasteiger partial charge in [0.25, 0.3) is 0 Å². The largest absolute Gasteiger partial charge is 0.309 e. The zero-order valence-electron chi connectivity index (χ0n) is 32.6. The molecule has 0 bridgehead atoms. The van der Waals surface area contributed by atoms with Gasteiger partial charge in [-0.15, -0.1) is 0 Å². The smallest absolute Gasteiger partial charge is 0.235 e. The summed E-state index contributed by atoms with van der Waals surface area (Å²) in [7, 11) is 0. The number of aromatic nitrogens is 4. The molecule has 0 radical (unpaired) electrons. The van der Waals surface area contributed by atoms with Crippen LogP contribution < -0.4 is 0 Å². The molecule has 0 aliphatic carbocycles. The maximum atomic E-state index is 5.45. The third-order valence-corrected chi connectivity index (χ3v) is 12.1. The van der Waals surface area contributed by atoms with Crippen molar-refractivity contribution in [2.24, 2.45) is 0 Å². The minimum absolute atomic E-state index is 0.637. The molecule has 0 saturated carbocycles. The van der Waals surface area contributed by atoms with Gasteiger partial charge in [-0.1, -0.05) is 170 Å². The number of nitrogens with zero attached hydrogens (tertiary/aromatic N) is 4. The Balaban J connectivity index is 1.10. The number of rotatable bonds is 6. The summed E-state index contributed by atoms with van der Waals surface area (Å²) in [5.41, 5.74) is 14.2. The van der Waals surface area contributed by atoms with Crippen LogP contribution in [-0.2, 0) is 0 Å². The molecule has 12 aromatic rings. The van der Waals surface area contributed by atoms with E-state index in [1.54, 1.807) is 0 Å². The number of hydrogen-bond acceptors (Lipinski definition) is 2. The molecule has 12 rings (SSSR count). The summed E-state index contributed by atoms with van der Waals surface area (Å²) in [5.74, 6) is 0.637. The van der Waals surface area contributed by atoms with Crippen molar-refractivity contribution in [2.45, 2.75) is 0 Å². The molecule has 0 N–H and O–H groups in total. The van der Waals surface area contributed by atoms with E-state index >= 15 is 0 Å². The average molecular weight is 765 g/mol. The van der Waals surface area contributed by atoms with Gasteiger partial charge in [-0.3, -0.25) is 4.57 Å². The molecule has 0 aliphatic heterocycles. The second-order valence-corrected chi connectivity index (χ2v) is 15.4. The summed E-state index contributed by atoms with van der Waals surface area (Å²) in [5, 5.41) is 8.28. The molecule has 4 nitrogen and oxygen atoms in total. The normalized spacial score (nSPS) is 11.7. The molecule has 9 aromatic carbocycles. The van der Waals surface area contributed by atoms with Crippen LogP contribution in [0.15, 0.2) is 207 Å². The van der Waals surface area contributed by atoms with Gasteiger partial charge in [-0.25, -0.2) is 9.97 Å². The van der Waals surface area contributed by atoms with E-state index < -0.39 is 0 Å². The molecule has 0 aliphatic rings. The maximum absolute atomic E-state index is 5.45. The van der Waals surface area contributed by atoms with Crippen LogP contribution in [0.4, 0.5) is 0 Å². The van der Waals surface area contributed by atoms with Gasteiger partial charge in [-0.2, -0.15) is 0 Å². The van der Waals surface area contributed by atoms with E-state index in [1.807, 2.05) is 12.1 Å². The van der Waals surface area contributed by atoms with Crippen molar-refractivity contribution in [3.8, 4) is 45.1 Å². The molecule has 0 fully saturated rings. The SMILES string of the molecule is C=Cc1ccccc1-c1ccc(-c2nc(-n3c4ccccc4c4ccc(-c5cc6c(c7ccccc57)c5ccccc5n6-c5ccccc5)cc43)nc3ccccc23)cc1. The van der Waals surface area contributed by atoms with E-state index in [-0.39, 0.29) is 0 Å². The Morgan fingerprint density at radius 1 is 0.383 bits per heavy atom. The van der Waals surface area contributed by atoms with Crippen LogP contribution in [0.1, 0.15) is 5.56 Å². The molecule has 0 atom stereocenters. The van der Waals surface area contributed by atoms with Crippen molar-refractivity contribution in [1.82, 2.24) is 19.1 Å². The molecule has 3 aromatic heterocycles. The third-order valence-electron chi connectivity index (χ3n) is 12.1. The summed E-state index contributed by atoms with van der Waals surface area (Å²) in [6.45, 7) is 4.04. The molecular weight excluding hydrogens is 729 g/mol. The molecular formula is C56H36N4.